The van der Waals surface area contributed by atoms with Crippen molar-refractivity contribution in [3.8, 4) is 10.6 Å². The number of aromatic nitrogens is 4. The Morgan fingerprint density at radius 3 is 2.64 bits per heavy atom. The summed E-state index contributed by atoms with van der Waals surface area (Å²) >= 11 is 1.22. The molecular formula is C19H17FN6OS. The van der Waals surface area contributed by atoms with E-state index < -0.39 is 5.95 Å². The molecule has 28 heavy (non-hydrogen) atoms. The summed E-state index contributed by atoms with van der Waals surface area (Å²) in [7, 11) is 0. The highest BCUT2D eigenvalue weighted by Gasteiger charge is 2.30. The molecular weight excluding hydrogens is 379 g/mol. The lowest BCUT2D eigenvalue weighted by Gasteiger charge is -2.25. The van der Waals surface area contributed by atoms with Crippen LogP contribution in [0.2, 0.25) is 0 Å². The molecule has 0 aromatic carbocycles. The van der Waals surface area contributed by atoms with Crippen molar-refractivity contribution in [2.45, 2.75) is 19.3 Å². The Hall–Kier alpha value is -2.94. The van der Waals surface area contributed by atoms with Gasteiger partial charge in [-0.2, -0.15) is 14.6 Å². The molecule has 142 valence electrons. The molecule has 0 N–H and O–H groups in total. The zero-order valence-electron chi connectivity index (χ0n) is 15.0. The van der Waals surface area contributed by atoms with Crippen LogP contribution < -0.4 is 9.80 Å². The Balaban J connectivity index is 1.45. The zero-order chi connectivity index (χ0) is 19.1. The maximum Gasteiger partial charge on any atom is 0.270 e. The fraction of sp³-hybridized carbons (Fsp3) is 0.316. The van der Waals surface area contributed by atoms with Gasteiger partial charge in [-0.1, -0.05) is 0 Å². The predicted octanol–water partition coefficient (Wildman–Crippen LogP) is 2.94. The lowest BCUT2D eigenvalue weighted by molar-refractivity contribution is 0.0984. The van der Waals surface area contributed by atoms with E-state index in [2.05, 4.69) is 25.1 Å². The standard InChI is InChI=1S/C19H17FN6OS/c20-17-13(3-4-15(24-17)25-8-1-2-9-25)18-23-14-6-10-26(19(27)16(14)28-18)12-5-7-21-22-11-12/h3-5,7,11H,1-2,6,8-10H2. The summed E-state index contributed by atoms with van der Waals surface area (Å²) in [4.78, 5) is 25.9. The van der Waals surface area contributed by atoms with E-state index >= 15 is 0 Å². The smallest absolute Gasteiger partial charge is 0.270 e. The first-order chi connectivity index (χ1) is 13.7. The molecule has 3 aromatic heterocycles. The van der Waals surface area contributed by atoms with E-state index in [1.807, 2.05) is 6.07 Å². The summed E-state index contributed by atoms with van der Waals surface area (Å²) in [6, 6.07) is 5.30. The fourth-order valence-electron chi connectivity index (χ4n) is 3.64. The lowest BCUT2D eigenvalue weighted by Crippen LogP contribution is -2.37. The molecule has 0 bridgehead atoms. The minimum Gasteiger partial charge on any atom is -0.357 e. The van der Waals surface area contributed by atoms with Crippen molar-refractivity contribution < 1.29 is 9.18 Å². The van der Waals surface area contributed by atoms with E-state index in [0.717, 1.165) is 25.9 Å². The number of hydrogen-bond acceptors (Lipinski definition) is 7. The highest BCUT2D eigenvalue weighted by Crippen LogP contribution is 2.34. The average molecular weight is 396 g/mol. The molecule has 0 radical (unpaired) electrons. The van der Waals surface area contributed by atoms with E-state index in [9.17, 15) is 9.18 Å². The number of rotatable bonds is 3. The minimum atomic E-state index is -0.543. The monoisotopic (exact) mass is 396 g/mol. The number of amides is 1. The van der Waals surface area contributed by atoms with Crippen LogP contribution in [-0.4, -0.2) is 45.7 Å². The van der Waals surface area contributed by atoms with Gasteiger partial charge in [0.2, 0.25) is 5.95 Å². The highest BCUT2D eigenvalue weighted by molar-refractivity contribution is 7.17. The molecule has 2 aliphatic rings. The van der Waals surface area contributed by atoms with Crippen LogP contribution >= 0.6 is 11.3 Å². The molecule has 1 fully saturated rings. The number of pyridine rings is 1. The molecule has 9 heteroatoms. The maximum atomic E-state index is 14.7. The Kier molecular flexibility index (Phi) is 4.23. The van der Waals surface area contributed by atoms with Crippen molar-refractivity contribution in [2.24, 2.45) is 0 Å². The first-order valence-corrected chi connectivity index (χ1v) is 10.0. The third kappa shape index (κ3) is 2.91. The molecule has 1 saturated heterocycles. The van der Waals surface area contributed by atoms with Gasteiger partial charge in [0.15, 0.2) is 0 Å². The van der Waals surface area contributed by atoms with Gasteiger partial charge in [-0.15, -0.1) is 11.3 Å². The van der Waals surface area contributed by atoms with Crippen LogP contribution in [0.1, 0.15) is 28.2 Å². The number of carbonyl (C=O) groups excluding carboxylic acids is 1. The van der Waals surface area contributed by atoms with Crippen LogP contribution in [0.15, 0.2) is 30.6 Å². The summed E-state index contributed by atoms with van der Waals surface area (Å²) in [5.41, 5.74) is 1.75. The topological polar surface area (TPSA) is 75.1 Å². The van der Waals surface area contributed by atoms with Gasteiger partial charge in [0.25, 0.3) is 5.91 Å². The highest BCUT2D eigenvalue weighted by atomic mass is 32.1. The van der Waals surface area contributed by atoms with Crippen molar-refractivity contribution in [3.05, 3.63) is 47.1 Å². The minimum absolute atomic E-state index is 0.139. The molecule has 0 aliphatic carbocycles. The molecule has 0 unspecified atom stereocenters. The van der Waals surface area contributed by atoms with Gasteiger partial charge in [-0.25, -0.2) is 9.97 Å². The Bertz CT molecular complexity index is 1030. The summed E-state index contributed by atoms with van der Waals surface area (Å²) in [6.45, 7) is 2.33. The maximum absolute atomic E-state index is 14.7. The summed E-state index contributed by atoms with van der Waals surface area (Å²) in [6.07, 6.45) is 5.94. The molecule has 3 aromatic rings. The van der Waals surface area contributed by atoms with Gasteiger partial charge in [-0.05, 0) is 31.0 Å². The van der Waals surface area contributed by atoms with Crippen LogP contribution in [0.3, 0.4) is 0 Å². The Morgan fingerprint density at radius 1 is 1.04 bits per heavy atom. The van der Waals surface area contributed by atoms with Crippen LogP contribution in [0.25, 0.3) is 10.6 Å². The van der Waals surface area contributed by atoms with E-state index in [4.69, 9.17) is 0 Å². The molecule has 0 spiro atoms. The van der Waals surface area contributed by atoms with Crippen LogP contribution in [0, 0.1) is 5.95 Å². The quantitative estimate of drug-likeness (QED) is 0.634. The number of nitrogens with zero attached hydrogens (tertiary/aromatic N) is 6. The first-order valence-electron chi connectivity index (χ1n) is 9.21. The zero-order valence-corrected chi connectivity index (χ0v) is 15.8. The second-order valence-corrected chi connectivity index (χ2v) is 7.80. The predicted molar refractivity (Wildman–Crippen MR) is 104 cm³/mol. The van der Waals surface area contributed by atoms with Crippen LogP contribution in [0.4, 0.5) is 15.9 Å². The SMILES string of the molecule is O=C1c2sc(-c3ccc(N4CCCC4)nc3F)nc2CCN1c1ccnnc1. The van der Waals surface area contributed by atoms with E-state index in [1.165, 1.54) is 11.3 Å². The Labute approximate surface area is 164 Å². The molecule has 7 nitrogen and oxygen atoms in total. The van der Waals surface area contributed by atoms with Crippen molar-refractivity contribution in [1.82, 2.24) is 20.2 Å². The van der Waals surface area contributed by atoms with Gasteiger partial charge < -0.3 is 9.80 Å². The lowest BCUT2D eigenvalue weighted by atomic mass is 10.1. The van der Waals surface area contributed by atoms with Gasteiger partial charge in [0.1, 0.15) is 15.7 Å². The number of thiazole rings is 1. The van der Waals surface area contributed by atoms with Gasteiger partial charge in [0, 0.05) is 26.1 Å². The largest absolute Gasteiger partial charge is 0.357 e. The van der Waals surface area contributed by atoms with Crippen molar-refractivity contribution >= 4 is 28.7 Å². The molecule has 2 aliphatic heterocycles. The average Bonchev–Trinajstić information content (AvgIpc) is 3.39. The van der Waals surface area contributed by atoms with Crippen LogP contribution in [0.5, 0.6) is 0 Å². The fourth-order valence-corrected chi connectivity index (χ4v) is 4.72. The third-order valence-corrected chi connectivity index (χ3v) is 6.20. The molecule has 5 rings (SSSR count). The van der Waals surface area contributed by atoms with Crippen LogP contribution in [-0.2, 0) is 6.42 Å². The van der Waals surface area contributed by atoms with E-state index in [1.54, 1.807) is 29.4 Å². The number of carbonyl (C=O) groups is 1. The van der Waals surface area contributed by atoms with Gasteiger partial charge in [-0.3, -0.25) is 4.79 Å². The van der Waals surface area contributed by atoms with Crippen molar-refractivity contribution in [2.75, 3.05) is 29.4 Å². The summed E-state index contributed by atoms with van der Waals surface area (Å²) < 4.78 is 14.7. The van der Waals surface area contributed by atoms with Crippen molar-refractivity contribution in [3.63, 3.8) is 0 Å². The first kappa shape index (κ1) is 17.2. The normalized spacial score (nSPS) is 16.5. The number of anilines is 2. The molecule has 1 amide bonds. The molecule has 0 atom stereocenters. The summed E-state index contributed by atoms with van der Waals surface area (Å²) in [5, 5.41) is 8.08. The van der Waals surface area contributed by atoms with Gasteiger partial charge in [0.05, 0.1) is 29.3 Å². The molecule has 5 heterocycles. The van der Waals surface area contributed by atoms with Gasteiger partial charge >= 0.3 is 0 Å². The van der Waals surface area contributed by atoms with E-state index in [-0.39, 0.29) is 5.91 Å². The summed E-state index contributed by atoms with van der Waals surface area (Å²) in [5.74, 6) is -0.0225. The second-order valence-electron chi connectivity index (χ2n) is 6.80. The van der Waals surface area contributed by atoms with Crippen molar-refractivity contribution in [1.29, 1.82) is 0 Å². The van der Waals surface area contributed by atoms with E-state index in [0.29, 0.717) is 45.6 Å². The molecule has 0 saturated carbocycles. The third-order valence-electron chi connectivity index (χ3n) is 5.08. The number of halogens is 1. The number of fused-ring (bicyclic) bond motifs is 1. The number of hydrogen-bond donors (Lipinski definition) is 0. The second kappa shape index (κ2) is 6.90. The Morgan fingerprint density at radius 2 is 1.89 bits per heavy atom.